The molecule has 6 heteroatoms. The topological polar surface area (TPSA) is 75.1 Å². The highest BCUT2D eigenvalue weighted by molar-refractivity contribution is 6.30. The van der Waals surface area contributed by atoms with E-state index in [0.29, 0.717) is 10.6 Å². The molecular formula is C14H15ClN2O3. The third-order valence-corrected chi connectivity index (χ3v) is 3.14. The van der Waals surface area contributed by atoms with Crippen molar-refractivity contribution in [2.24, 2.45) is 0 Å². The van der Waals surface area contributed by atoms with Gasteiger partial charge in [-0.3, -0.25) is 14.3 Å². The quantitative estimate of drug-likeness (QED) is 0.847. The van der Waals surface area contributed by atoms with Crippen molar-refractivity contribution >= 4 is 11.6 Å². The molecule has 0 saturated heterocycles. The number of aromatic amines is 1. The highest BCUT2D eigenvalue weighted by Gasteiger charge is 2.23. The van der Waals surface area contributed by atoms with Crippen LogP contribution in [0.25, 0.3) is 11.1 Å². The molecule has 0 saturated carbocycles. The fourth-order valence-corrected chi connectivity index (χ4v) is 2.15. The molecule has 2 N–H and O–H groups in total. The molecule has 0 radical (unpaired) electrons. The number of hydrogen-bond donors (Lipinski definition) is 2. The molecule has 0 aliphatic carbocycles. The van der Waals surface area contributed by atoms with Gasteiger partial charge >= 0.3 is 5.69 Å². The lowest BCUT2D eigenvalue weighted by molar-refractivity contribution is 0.308. The van der Waals surface area contributed by atoms with Gasteiger partial charge in [0.2, 0.25) is 5.88 Å². The second-order valence-electron chi connectivity index (χ2n) is 5.47. The van der Waals surface area contributed by atoms with E-state index in [1.165, 1.54) is 0 Å². The van der Waals surface area contributed by atoms with Crippen LogP contribution >= 0.6 is 11.6 Å². The van der Waals surface area contributed by atoms with Crippen molar-refractivity contribution in [1.29, 1.82) is 0 Å². The molecule has 106 valence electrons. The minimum atomic E-state index is -0.660. The highest BCUT2D eigenvalue weighted by Crippen LogP contribution is 2.28. The number of rotatable bonds is 1. The lowest BCUT2D eigenvalue weighted by Crippen LogP contribution is -2.39. The van der Waals surface area contributed by atoms with Crippen LogP contribution in [-0.4, -0.2) is 14.7 Å². The van der Waals surface area contributed by atoms with Crippen LogP contribution in [0, 0.1) is 0 Å². The van der Waals surface area contributed by atoms with Gasteiger partial charge in [-0.2, -0.15) is 0 Å². The Balaban J connectivity index is 2.81. The molecule has 0 amide bonds. The van der Waals surface area contributed by atoms with E-state index < -0.39 is 16.8 Å². The summed E-state index contributed by atoms with van der Waals surface area (Å²) in [5.41, 5.74) is -1.39. The van der Waals surface area contributed by atoms with Crippen molar-refractivity contribution in [3.63, 3.8) is 0 Å². The summed E-state index contributed by atoms with van der Waals surface area (Å²) in [6, 6.07) is 6.46. The van der Waals surface area contributed by atoms with E-state index in [1.54, 1.807) is 45.0 Å². The van der Waals surface area contributed by atoms with Gasteiger partial charge in [-0.25, -0.2) is 4.79 Å². The number of halogens is 1. The van der Waals surface area contributed by atoms with E-state index in [1.807, 2.05) is 0 Å². The van der Waals surface area contributed by atoms with E-state index in [9.17, 15) is 14.7 Å². The minimum Gasteiger partial charge on any atom is -0.494 e. The molecule has 0 fully saturated rings. The molecule has 0 aliphatic heterocycles. The zero-order valence-corrected chi connectivity index (χ0v) is 12.2. The summed E-state index contributed by atoms with van der Waals surface area (Å²) >= 11 is 5.80. The second kappa shape index (κ2) is 4.83. The van der Waals surface area contributed by atoms with Crippen molar-refractivity contribution in [2.45, 2.75) is 26.3 Å². The Bertz CT molecular complexity index is 752. The maximum absolute atomic E-state index is 12.0. The molecule has 0 spiro atoms. The SMILES string of the molecule is CC(C)(C)n1c(O)c(-c2ccc(Cl)cc2)c(=O)[nH]c1=O. The lowest BCUT2D eigenvalue weighted by Gasteiger charge is -2.24. The third-order valence-electron chi connectivity index (χ3n) is 2.89. The van der Waals surface area contributed by atoms with Gasteiger partial charge in [0.05, 0.1) is 0 Å². The van der Waals surface area contributed by atoms with Crippen molar-refractivity contribution in [1.82, 2.24) is 9.55 Å². The van der Waals surface area contributed by atoms with Crippen LogP contribution < -0.4 is 11.2 Å². The van der Waals surface area contributed by atoms with Crippen molar-refractivity contribution in [3.05, 3.63) is 50.1 Å². The minimum absolute atomic E-state index is 0.0520. The molecule has 0 bridgehead atoms. The van der Waals surface area contributed by atoms with Crippen LogP contribution in [0.15, 0.2) is 33.9 Å². The van der Waals surface area contributed by atoms with Gasteiger partial charge in [0.15, 0.2) is 0 Å². The molecule has 0 atom stereocenters. The number of H-pyrrole nitrogens is 1. The number of hydrogen-bond acceptors (Lipinski definition) is 3. The summed E-state index contributed by atoms with van der Waals surface area (Å²) in [7, 11) is 0. The summed E-state index contributed by atoms with van der Waals surface area (Å²) in [5.74, 6) is -0.353. The summed E-state index contributed by atoms with van der Waals surface area (Å²) in [6.45, 7) is 5.29. The van der Waals surface area contributed by atoms with Crippen LogP contribution in [0.2, 0.25) is 5.02 Å². The number of aromatic hydroxyl groups is 1. The average molecular weight is 295 g/mol. The summed E-state index contributed by atoms with van der Waals surface area (Å²) in [6.07, 6.45) is 0. The standard InChI is InChI=1S/C14H15ClN2O3/c1-14(2,3)17-12(19)10(11(18)16-13(17)20)8-4-6-9(15)7-5-8/h4-7,19H,1-3H3,(H,16,18,20). The molecule has 2 aromatic rings. The van der Waals surface area contributed by atoms with Crippen LogP contribution in [0.1, 0.15) is 20.8 Å². The number of nitrogens with one attached hydrogen (secondary N) is 1. The molecular weight excluding hydrogens is 280 g/mol. The molecule has 1 aromatic carbocycles. The predicted octanol–water partition coefficient (Wildman–Crippen LogP) is 2.32. The Hall–Kier alpha value is -2.01. The fourth-order valence-electron chi connectivity index (χ4n) is 2.02. The first kappa shape index (κ1) is 14.4. The number of nitrogens with zero attached hydrogens (tertiary/aromatic N) is 1. The molecule has 20 heavy (non-hydrogen) atoms. The van der Waals surface area contributed by atoms with Gasteiger partial charge in [0.25, 0.3) is 5.56 Å². The van der Waals surface area contributed by atoms with Gasteiger partial charge in [-0.15, -0.1) is 0 Å². The molecule has 2 rings (SSSR count). The van der Waals surface area contributed by atoms with Crippen LogP contribution in [-0.2, 0) is 5.54 Å². The van der Waals surface area contributed by atoms with Gasteiger partial charge in [0, 0.05) is 10.6 Å². The number of aromatic nitrogens is 2. The van der Waals surface area contributed by atoms with Crippen LogP contribution in [0.4, 0.5) is 0 Å². The Morgan fingerprint density at radius 2 is 1.70 bits per heavy atom. The monoisotopic (exact) mass is 294 g/mol. The van der Waals surface area contributed by atoms with Crippen molar-refractivity contribution in [3.8, 4) is 17.0 Å². The van der Waals surface area contributed by atoms with Gasteiger partial charge in [-0.05, 0) is 38.5 Å². The van der Waals surface area contributed by atoms with E-state index in [-0.39, 0.29) is 11.4 Å². The third kappa shape index (κ3) is 2.49. The van der Waals surface area contributed by atoms with Gasteiger partial charge < -0.3 is 5.11 Å². The summed E-state index contributed by atoms with van der Waals surface area (Å²) in [4.78, 5) is 26.1. The van der Waals surface area contributed by atoms with E-state index in [2.05, 4.69) is 4.98 Å². The van der Waals surface area contributed by atoms with Gasteiger partial charge in [-0.1, -0.05) is 23.7 Å². The van der Waals surface area contributed by atoms with Crippen molar-refractivity contribution in [2.75, 3.05) is 0 Å². The number of benzene rings is 1. The zero-order chi connectivity index (χ0) is 15.1. The van der Waals surface area contributed by atoms with E-state index in [0.717, 1.165) is 4.57 Å². The van der Waals surface area contributed by atoms with E-state index >= 15 is 0 Å². The maximum Gasteiger partial charge on any atom is 0.331 e. The molecule has 5 nitrogen and oxygen atoms in total. The fraction of sp³-hybridized carbons (Fsp3) is 0.286. The Morgan fingerprint density at radius 1 is 1.15 bits per heavy atom. The second-order valence-corrected chi connectivity index (χ2v) is 5.91. The largest absolute Gasteiger partial charge is 0.494 e. The molecule has 0 aliphatic rings. The molecule has 1 aromatic heterocycles. The summed E-state index contributed by atoms with van der Waals surface area (Å²) in [5, 5.41) is 10.8. The van der Waals surface area contributed by atoms with E-state index in [4.69, 9.17) is 11.6 Å². The summed E-state index contributed by atoms with van der Waals surface area (Å²) < 4.78 is 1.15. The molecule has 1 heterocycles. The first-order chi connectivity index (χ1) is 9.21. The normalized spacial score (nSPS) is 11.6. The Labute approximate surface area is 120 Å². The Morgan fingerprint density at radius 3 is 2.20 bits per heavy atom. The predicted molar refractivity (Wildman–Crippen MR) is 78.4 cm³/mol. The molecule has 0 unspecified atom stereocenters. The van der Waals surface area contributed by atoms with Gasteiger partial charge in [0.1, 0.15) is 5.56 Å². The lowest BCUT2D eigenvalue weighted by atomic mass is 10.1. The smallest absolute Gasteiger partial charge is 0.331 e. The zero-order valence-electron chi connectivity index (χ0n) is 11.4. The first-order valence-electron chi connectivity index (χ1n) is 6.06. The van der Waals surface area contributed by atoms with Crippen molar-refractivity contribution < 1.29 is 5.11 Å². The highest BCUT2D eigenvalue weighted by atomic mass is 35.5. The van der Waals surface area contributed by atoms with Crippen LogP contribution in [0.5, 0.6) is 5.88 Å². The van der Waals surface area contributed by atoms with Crippen LogP contribution in [0.3, 0.4) is 0 Å². The first-order valence-corrected chi connectivity index (χ1v) is 6.44. The average Bonchev–Trinajstić information content (AvgIpc) is 2.28. The maximum atomic E-state index is 12.0. The Kier molecular flexibility index (Phi) is 3.48.